The van der Waals surface area contributed by atoms with Crippen molar-refractivity contribution in [2.75, 3.05) is 29.6 Å². The molecule has 3 aliphatic rings. The van der Waals surface area contributed by atoms with Crippen LogP contribution in [0.15, 0.2) is 18.3 Å². The van der Waals surface area contributed by atoms with Crippen molar-refractivity contribution in [3.8, 4) is 0 Å². The Kier molecular flexibility index (Phi) is 2.60. The molecule has 2 bridgehead atoms. The summed E-state index contributed by atoms with van der Waals surface area (Å²) in [6.45, 7) is 2.52. The van der Waals surface area contributed by atoms with E-state index in [4.69, 9.17) is 10.5 Å². The van der Waals surface area contributed by atoms with Gasteiger partial charge in [0.1, 0.15) is 0 Å². The highest BCUT2D eigenvalue weighted by atomic mass is 16.5. The normalized spacial score (nSPS) is 31.5. The number of carbonyl (C=O) groups excluding carboxylic acids is 1. The Labute approximate surface area is 117 Å². The lowest BCUT2D eigenvalue weighted by Crippen LogP contribution is -2.49. The molecule has 0 aromatic carbocycles. The first kappa shape index (κ1) is 12.0. The number of rotatable bonds is 1. The predicted octanol–water partition coefficient (Wildman–Crippen LogP) is 0.964. The Balaban J connectivity index is 1.75. The van der Waals surface area contributed by atoms with E-state index in [1.165, 1.54) is 0 Å². The van der Waals surface area contributed by atoms with Gasteiger partial charge in [0, 0.05) is 31.3 Å². The largest absolute Gasteiger partial charge is 0.381 e. The number of aromatic nitrogens is 1. The van der Waals surface area contributed by atoms with Gasteiger partial charge in [-0.2, -0.15) is 0 Å². The molecule has 106 valence electrons. The van der Waals surface area contributed by atoms with E-state index in [1.54, 1.807) is 11.1 Å². The van der Waals surface area contributed by atoms with Crippen LogP contribution in [0.5, 0.6) is 0 Å². The van der Waals surface area contributed by atoms with Gasteiger partial charge in [0.15, 0.2) is 5.82 Å². The minimum Gasteiger partial charge on any atom is -0.381 e. The molecule has 20 heavy (non-hydrogen) atoms. The highest BCUT2D eigenvalue weighted by Gasteiger charge is 2.47. The Morgan fingerprint density at radius 1 is 1.50 bits per heavy atom. The van der Waals surface area contributed by atoms with Crippen molar-refractivity contribution in [2.45, 2.75) is 24.9 Å². The fourth-order valence-corrected chi connectivity index (χ4v) is 3.87. The molecule has 2 saturated heterocycles. The number of amides is 2. The van der Waals surface area contributed by atoms with E-state index in [0.29, 0.717) is 17.8 Å². The number of nitrogens with zero attached hydrogens (tertiary/aromatic N) is 3. The lowest BCUT2D eigenvalue weighted by Gasteiger charge is -2.36. The van der Waals surface area contributed by atoms with Crippen LogP contribution in [0.25, 0.3) is 0 Å². The van der Waals surface area contributed by atoms with Crippen molar-refractivity contribution in [3.05, 3.63) is 18.3 Å². The van der Waals surface area contributed by atoms with Crippen LogP contribution in [0.2, 0.25) is 0 Å². The second-order valence-electron chi connectivity index (χ2n) is 5.79. The molecular weight excluding hydrogens is 256 g/mol. The molecule has 2 amide bonds. The minimum absolute atomic E-state index is 0.139. The van der Waals surface area contributed by atoms with Crippen molar-refractivity contribution >= 4 is 17.5 Å². The van der Waals surface area contributed by atoms with Gasteiger partial charge in [0.25, 0.3) is 0 Å². The average Bonchev–Trinajstić information content (AvgIpc) is 3.07. The van der Waals surface area contributed by atoms with Gasteiger partial charge in [0.05, 0.1) is 18.3 Å². The number of nitrogens with two attached hydrogens (primary N) is 1. The molecular formula is C14H18N4O2. The highest BCUT2D eigenvalue weighted by Crippen LogP contribution is 2.43. The van der Waals surface area contributed by atoms with E-state index in [9.17, 15) is 4.79 Å². The van der Waals surface area contributed by atoms with Gasteiger partial charge in [-0.05, 0) is 25.0 Å². The summed E-state index contributed by atoms with van der Waals surface area (Å²) < 4.78 is 5.53. The molecule has 4 rings (SSSR count). The number of ether oxygens (including phenoxy) is 1. The number of hydrogen-bond acceptors (Lipinski definition) is 4. The summed E-state index contributed by atoms with van der Waals surface area (Å²) in [5, 5.41) is 0. The predicted molar refractivity (Wildman–Crippen MR) is 74.8 cm³/mol. The highest BCUT2D eigenvalue weighted by molar-refractivity contribution is 5.95. The van der Waals surface area contributed by atoms with Crippen LogP contribution in [0.3, 0.4) is 0 Å². The van der Waals surface area contributed by atoms with Gasteiger partial charge in [-0.1, -0.05) is 0 Å². The van der Waals surface area contributed by atoms with Crippen molar-refractivity contribution in [3.63, 3.8) is 0 Å². The van der Waals surface area contributed by atoms with Gasteiger partial charge in [-0.15, -0.1) is 0 Å². The molecule has 3 atom stereocenters. The molecule has 6 heteroatoms. The molecule has 0 saturated carbocycles. The molecule has 0 spiro atoms. The first-order valence-corrected chi connectivity index (χ1v) is 7.14. The van der Waals surface area contributed by atoms with Crippen LogP contribution < -0.4 is 15.5 Å². The molecule has 1 aromatic rings. The number of anilines is 2. The molecule has 4 heterocycles. The number of fused-ring (bicyclic) bond motifs is 4. The third-order valence-corrected chi connectivity index (χ3v) is 4.74. The van der Waals surface area contributed by atoms with Crippen molar-refractivity contribution in [1.29, 1.82) is 0 Å². The number of pyridine rings is 1. The third-order valence-electron chi connectivity index (χ3n) is 4.74. The second-order valence-corrected chi connectivity index (χ2v) is 5.79. The lowest BCUT2D eigenvalue weighted by atomic mass is 9.96. The van der Waals surface area contributed by atoms with Crippen molar-refractivity contribution in [1.82, 2.24) is 4.98 Å². The van der Waals surface area contributed by atoms with Gasteiger partial charge in [0.2, 0.25) is 0 Å². The van der Waals surface area contributed by atoms with E-state index < -0.39 is 6.03 Å². The van der Waals surface area contributed by atoms with E-state index in [0.717, 1.165) is 38.3 Å². The Morgan fingerprint density at radius 2 is 2.40 bits per heavy atom. The van der Waals surface area contributed by atoms with E-state index in [1.807, 2.05) is 12.1 Å². The summed E-state index contributed by atoms with van der Waals surface area (Å²) >= 11 is 0. The summed E-state index contributed by atoms with van der Waals surface area (Å²) in [4.78, 5) is 20.2. The minimum atomic E-state index is -0.405. The molecule has 0 aliphatic carbocycles. The monoisotopic (exact) mass is 274 g/mol. The quantitative estimate of drug-likeness (QED) is 0.828. The Morgan fingerprint density at radius 3 is 3.15 bits per heavy atom. The molecule has 1 aromatic heterocycles. The maximum absolute atomic E-state index is 11.8. The fourth-order valence-electron chi connectivity index (χ4n) is 3.87. The number of carbonyl (C=O) groups is 1. The van der Waals surface area contributed by atoms with E-state index >= 15 is 0 Å². The summed E-state index contributed by atoms with van der Waals surface area (Å²) in [5.41, 5.74) is 6.59. The van der Waals surface area contributed by atoms with E-state index in [2.05, 4.69) is 9.88 Å². The van der Waals surface area contributed by atoms with Crippen molar-refractivity contribution < 1.29 is 9.53 Å². The van der Waals surface area contributed by atoms with Crippen molar-refractivity contribution in [2.24, 2.45) is 11.7 Å². The summed E-state index contributed by atoms with van der Waals surface area (Å²) in [7, 11) is 0. The van der Waals surface area contributed by atoms with Gasteiger partial charge < -0.3 is 15.4 Å². The van der Waals surface area contributed by atoms with Crippen LogP contribution in [-0.4, -0.2) is 42.9 Å². The summed E-state index contributed by atoms with van der Waals surface area (Å²) in [6.07, 6.45) is 3.77. The van der Waals surface area contributed by atoms with Crippen LogP contribution in [0.1, 0.15) is 12.8 Å². The topological polar surface area (TPSA) is 71.7 Å². The zero-order valence-corrected chi connectivity index (χ0v) is 11.2. The fraction of sp³-hybridized carbons (Fsp3) is 0.571. The van der Waals surface area contributed by atoms with Crippen LogP contribution in [-0.2, 0) is 4.74 Å². The summed E-state index contributed by atoms with van der Waals surface area (Å²) in [6, 6.07) is 4.11. The zero-order chi connectivity index (χ0) is 13.7. The molecule has 3 aliphatic heterocycles. The second kappa shape index (κ2) is 4.34. The molecule has 6 nitrogen and oxygen atoms in total. The first-order chi connectivity index (χ1) is 9.75. The smallest absolute Gasteiger partial charge is 0.320 e. The van der Waals surface area contributed by atoms with Gasteiger partial charge in [-0.3, -0.25) is 4.90 Å². The maximum Gasteiger partial charge on any atom is 0.320 e. The number of hydrogen-bond donors (Lipinski definition) is 1. The SMILES string of the molecule is NC(=O)N1c2ncccc2N2CC1CC2C1CCOC1. The molecule has 0 radical (unpaired) electrons. The first-order valence-electron chi connectivity index (χ1n) is 7.14. The lowest BCUT2D eigenvalue weighted by molar-refractivity contribution is 0.181. The molecule has 2 N–H and O–H groups in total. The van der Waals surface area contributed by atoms with Crippen LogP contribution in [0.4, 0.5) is 16.3 Å². The Bertz CT molecular complexity index is 544. The van der Waals surface area contributed by atoms with Crippen LogP contribution in [0, 0.1) is 5.92 Å². The van der Waals surface area contributed by atoms with Gasteiger partial charge in [-0.25, -0.2) is 9.78 Å². The maximum atomic E-state index is 11.8. The van der Waals surface area contributed by atoms with Crippen LogP contribution >= 0.6 is 0 Å². The van der Waals surface area contributed by atoms with Gasteiger partial charge >= 0.3 is 6.03 Å². The van der Waals surface area contributed by atoms with E-state index in [-0.39, 0.29) is 6.04 Å². The molecule has 3 unspecified atom stereocenters. The number of primary amides is 1. The average molecular weight is 274 g/mol. The zero-order valence-electron chi connectivity index (χ0n) is 11.2. The third kappa shape index (κ3) is 1.61. The summed E-state index contributed by atoms with van der Waals surface area (Å²) in [5.74, 6) is 1.25. The standard InChI is InChI=1S/C14H18N4O2/c15-14(19)18-10-6-12(9-3-5-20-8-9)17(7-10)11-2-1-4-16-13(11)18/h1-2,4,9-10,12H,3,5-8H2,(H2,15,19). The number of urea groups is 1. The molecule has 2 fully saturated rings. The Hall–Kier alpha value is -1.82.